The Hall–Kier alpha value is -1.44. The minimum atomic E-state index is -5.02. The molecule has 0 aromatic rings. The van der Waals surface area contributed by atoms with Crippen molar-refractivity contribution in [1.29, 1.82) is 0 Å². The van der Waals surface area contributed by atoms with Crippen LogP contribution < -0.4 is 0 Å². The van der Waals surface area contributed by atoms with Crippen LogP contribution in [0.2, 0.25) is 0 Å². The molecule has 6 unspecified atom stereocenters. The van der Waals surface area contributed by atoms with Crippen LogP contribution in [-0.2, 0) is 27.9 Å². The second kappa shape index (κ2) is 39.0. The maximum absolute atomic E-state index is 12.8. The molecule has 13 heteroatoms. The number of carbonyl (C=O) groups excluding carboxylic acids is 1. The van der Waals surface area contributed by atoms with E-state index in [0.29, 0.717) is 13.0 Å². The summed E-state index contributed by atoms with van der Waals surface area (Å²) in [5.41, 5.74) is 0. The highest BCUT2D eigenvalue weighted by Gasteiger charge is 2.51. The topological polar surface area (TPSA) is 192 Å². The first-order valence-corrected chi connectivity index (χ1v) is 25.8. The molecule has 6 N–H and O–H groups in total. The van der Waals surface area contributed by atoms with Crippen molar-refractivity contribution < 1.29 is 58.3 Å². The van der Waals surface area contributed by atoms with Gasteiger partial charge in [-0.25, -0.2) is 4.57 Å². The van der Waals surface area contributed by atoms with E-state index in [0.717, 1.165) is 77.0 Å². The number of ether oxygens (including phenoxy) is 2. The minimum absolute atomic E-state index is 0.0779. The fourth-order valence-electron chi connectivity index (χ4n) is 7.43. The van der Waals surface area contributed by atoms with Crippen molar-refractivity contribution in [3.8, 4) is 0 Å². The molecule has 0 bridgehead atoms. The third kappa shape index (κ3) is 31.1. The van der Waals surface area contributed by atoms with Gasteiger partial charge in [0.2, 0.25) is 0 Å². The SMILES string of the molecule is CC/C=C\C/C=C\C/C=C\CCCCCCCCCC(=O)OC(COCCCCCCCCCCCCCCCCCCC)COP(=O)(O)OC1C(O)C(O)C(O)C(O)C1O. The van der Waals surface area contributed by atoms with Crippen molar-refractivity contribution >= 4 is 13.8 Å². The van der Waals surface area contributed by atoms with Crippen molar-refractivity contribution in [2.75, 3.05) is 19.8 Å². The monoisotopic (exact) mass is 889 g/mol. The number of aliphatic hydroxyl groups excluding tert-OH is 5. The minimum Gasteiger partial charge on any atom is -0.457 e. The average Bonchev–Trinajstić information content (AvgIpc) is 3.24. The zero-order valence-corrected chi connectivity index (χ0v) is 39.1. The number of unbranched alkanes of at least 4 members (excludes halogenated alkanes) is 23. The number of aliphatic hydroxyl groups is 5. The molecule has 0 amide bonds. The Morgan fingerprint density at radius 3 is 1.48 bits per heavy atom. The number of allylic oxidation sites excluding steroid dienone is 6. The van der Waals surface area contributed by atoms with E-state index >= 15 is 0 Å². The summed E-state index contributed by atoms with van der Waals surface area (Å²) in [5, 5.41) is 50.2. The average molecular weight is 889 g/mol. The second-order valence-electron chi connectivity index (χ2n) is 16.9. The molecule has 0 saturated heterocycles. The summed E-state index contributed by atoms with van der Waals surface area (Å²) in [6, 6.07) is 0. The fraction of sp³-hybridized carbons (Fsp3) is 0.854. The summed E-state index contributed by atoms with van der Waals surface area (Å²) < 4.78 is 34.2. The molecule has 6 atom stereocenters. The van der Waals surface area contributed by atoms with Crippen LogP contribution in [0.3, 0.4) is 0 Å². The molecule has 12 nitrogen and oxygen atoms in total. The van der Waals surface area contributed by atoms with Gasteiger partial charge in [-0.05, 0) is 44.9 Å². The van der Waals surface area contributed by atoms with Gasteiger partial charge in [-0.2, -0.15) is 0 Å². The predicted octanol–water partition coefficient (Wildman–Crippen LogP) is 10.3. The number of esters is 1. The summed E-state index contributed by atoms with van der Waals surface area (Å²) in [7, 11) is -5.02. The molecular formula is C48H89O12P. The van der Waals surface area contributed by atoms with Gasteiger partial charge in [-0.1, -0.05) is 185 Å². The van der Waals surface area contributed by atoms with Crippen LogP contribution in [0.5, 0.6) is 0 Å². The van der Waals surface area contributed by atoms with Gasteiger partial charge < -0.3 is 39.9 Å². The molecule has 1 saturated carbocycles. The number of rotatable bonds is 41. The fourth-order valence-corrected chi connectivity index (χ4v) is 8.40. The van der Waals surface area contributed by atoms with E-state index in [1.807, 2.05) is 0 Å². The number of hydrogen-bond donors (Lipinski definition) is 6. The Labute approximate surface area is 370 Å². The number of phosphoric acid groups is 1. The normalized spacial score (nSPS) is 22.4. The van der Waals surface area contributed by atoms with E-state index in [2.05, 4.69) is 50.3 Å². The smallest absolute Gasteiger partial charge is 0.457 e. The maximum atomic E-state index is 12.8. The van der Waals surface area contributed by atoms with E-state index < -0.39 is 63.1 Å². The summed E-state index contributed by atoms with van der Waals surface area (Å²) in [5.74, 6) is -0.485. The molecule has 61 heavy (non-hydrogen) atoms. The number of hydrogen-bond acceptors (Lipinski definition) is 11. The van der Waals surface area contributed by atoms with E-state index in [4.69, 9.17) is 18.5 Å². The molecular weight excluding hydrogens is 799 g/mol. The first-order valence-electron chi connectivity index (χ1n) is 24.3. The zero-order valence-electron chi connectivity index (χ0n) is 38.2. The van der Waals surface area contributed by atoms with Crippen molar-refractivity contribution in [3.63, 3.8) is 0 Å². The van der Waals surface area contributed by atoms with Gasteiger partial charge in [-0.15, -0.1) is 0 Å². The third-order valence-electron chi connectivity index (χ3n) is 11.3. The lowest BCUT2D eigenvalue weighted by Crippen LogP contribution is -2.64. The van der Waals surface area contributed by atoms with Crippen LogP contribution in [0.4, 0.5) is 0 Å². The highest BCUT2D eigenvalue weighted by Crippen LogP contribution is 2.47. The highest BCUT2D eigenvalue weighted by molar-refractivity contribution is 7.47. The summed E-state index contributed by atoms with van der Waals surface area (Å²) in [4.78, 5) is 23.2. The van der Waals surface area contributed by atoms with Gasteiger partial charge in [0, 0.05) is 13.0 Å². The van der Waals surface area contributed by atoms with Crippen LogP contribution >= 0.6 is 7.82 Å². The van der Waals surface area contributed by atoms with Crippen molar-refractivity contribution in [2.24, 2.45) is 0 Å². The zero-order chi connectivity index (χ0) is 44.8. The van der Waals surface area contributed by atoms with E-state index in [-0.39, 0.29) is 13.0 Å². The lowest BCUT2D eigenvalue weighted by molar-refractivity contribution is -0.220. The highest BCUT2D eigenvalue weighted by atomic mass is 31.2. The first-order chi connectivity index (χ1) is 29.5. The van der Waals surface area contributed by atoms with Gasteiger partial charge in [0.15, 0.2) is 0 Å². The van der Waals surface area contributed by atoms with Gasteiger partial charge in [-0.3, -0.25) is 13.8 Å². The molecule has 1 aliphatic carbocycles. The number of carbonyl (C=O) groups is 1. The lowest BCUT2D eigenvalue weighted by Gasteiger charge is -2.41. The Morgan fingerprint density at radius 2 is 0.967 bits per heavy atom. The molecule has 0 aliphatic heterocycles. The third-order valence-corrected chi connectivity index (χ3v) is 12.3. The van der Waals surface area contributed by atoms with E-state index in [9.17, 15) is 39.8 Å². The van der Waals surface area contributed by atoms with Crippen molar-refractivity contribution in [2.45, 2.75) is 243 Å². The Kier molecular flexibility index (Phi) is 36.8. The molecule has 0 spiro atoms. The van der Waals surface area contributed by atoms with Gasteiger partial charge >= 0.3 is 13.8 Å². The predicted molar refractivity (Wildman–Crippen MR) is 244 cm³/mol. The molecule has 1 fully saturated rings. The van der Waals surface area contributed by atoms with Crippen LogP contribution in [-0.4, -0.2) is 98.9 Å². The molecule has 0 heterocycles. The maximum Gasteiger partial charge on any atom is 0.472 e. The molecule has 358 valence electrons. The van der Waals surface area contributed by atoms with E-state index in [1.54, 1.807) is 0 Å². The molecule has 1 aliphatic rings. The van der Waals surface area contributed by atoms with Crippen molar-refractivity contribution in [3.05, 3.63) is 36.5 Å². The second-order valence-corrected chi connectivity index (χ2v) is 18.3. The van der Waals surface area contributed by atoms with Crippen LogP contribution in [0, 0.1) is 0 Å². The summed E-state index contributed by atoms with van der Waals surface area (Å²) >= 11 is 0. The molecule has 0 aromatic carbocycles. The van der Waals surface area contributed by atoms with Crippen molar-refractivity contribution in [1.82, 2.24) is 0 Å². The van der Waals surface area contributed by atoms with Crippen LogP contribution in [0.15, 0.2) is 36.5 Å². The Bertz CT molecular complexity index is 1150. The van der Waals surface area contributed by atoms with E-state index in [1.165, 1.54) is 96.3 Å². The largest absolute Gasteiger partial charge is 0.472 e. The van der Waals surface area contributed by atoms with Gasteiger partial charge in [0.1, 0.15) is 42.7 Å². The summed E-state index contributed by atoms with van der Waals surface area (Å²) in [6.07, 6.45) is 33.5. The molecule has 0 aromatic heterocycles. The van der Waals surface area contributed by atoms with Crippen LogP contribution in [0.1, 0.15) is 200 Å². The lowest BCUT2D eigenvalue weighted by atomic mass is 9.85. The summed E-state index contributed by atoms with van der Waals surface area (Å²) in [6.45, 7) is 4.16. The quantitative estimate of drug-likeness (QED) is 0.0148. The molecule has 0 radical (unpaired) electrons. The standard InChI is InChI=1S/C48H89O12P/c1-3-5-7-9-11-13-15-17-19-21-23-25-27-29-31-33-35-37-42(49)59-41(40-58-61(55,56)60-48-46(53)44(51)43(50)45(52)47(48)54)39-57-38-36-34-32-30-28-26-24-22-20-18-16-14-12-10-8-6-4-2/h5,7,11,13,17,19,41,43-48,50-54H,3-4,6,8-10,12,14-16,18,20-40H2,1-2H3,(H,55,56)/b7-5-,13-11-,19-17-. The van der Waals surface area contributed by atoms with Gasteiger partial charge in [0.25, 0.3) is 0 Å². The van der Waals surface area contributed by atoms with Crippen LogP contribution in [0.25, 0.3) is 0 Å². The molecule has 1 rings (SSSR count). The Morgan fingerprint density at radius 1 is 0.541 bits per heavy atom. The first kappa shape index (κ1) is 57.6. The van der Waals surface area contributed by atoms with Gasteiger partial charge in [0.05, 0.1) is 13.2 Å². The number of phosphoric ester groups is 1. The Balaban J connectivity index is 2.37.